The van der Waals surface area contributed by atoms with Crippen LogP contribution in [-0.2, 0) is 9.84 Å². The van der Waals surface area contributed by atoms with Gasteiger partial charge in [-0.15, -0.1) is 0 Å². The Kier molecular flexibility index (Phi) is 4.14. The molecule has 0 radical (unpaired) electrons. The fourth-order valence-corrected chi connectivity index (χ4v) is 2.22. The smallest absolute Gasteiger partial charge is 0.156 e. The summed E-state index contributed by atoms with van der Waals surface area (Å²) >= 11 is 0. The van der Waals surface area contributed by atoms with E-state index in [1.54, 1.807) is 32.9 Å². The SMILES string of the molecule is CC(C)(C)S(=O)(=O)CCNc1cccc(F)c1. The first-order valence-electron chi connectivity index (χ1n) is 5.44. The quantitative estimate of drug-likeness (QED) is 0.903. The van der Waals surface area contributed by atoms with Gasteiger partial charge in [0.1, 0.15) is 5.82 Å². The summed E-state index contributed by atoms with van der Waals surface area (Å²) in [5.74, 6) is -0.304. The Morgan fingerprint density at radius 1 is 1.29 bits per heavy atom. The molecule has 0 heterocycles. The molecule has 0 amide bonds. The maximum atomic E-state index is 12.9. The second-order valence-corrected chi connectivity index (χ2v) is 7.73. The Balaban J connectivity index is 2.55. The molecule has 96 valence electrons. The molecule has 0 unspecified atom stereocenters. The molecule has 1 rings (SSSR count). The van der Waals surface area contributed by atoms with E-state index in [-0.39, 0.29) is 18.1 Å². The van der Waals surface area contributed by atoms with Crippen molar-refractivity contribution in [3.63, 3.8) is 0 Å². The highest BCUT2D eigenvalue weighted by atomic mass is 32.2. The number of rotatable bonds is 4. The molecule has 1 aromatic carbocycles. The van der Waals surface area contributed by atoms with Gasteiger partial charge < -0.3 is 5.32 Å². The number of hydrogen-bond donors (Lipinski definition) is 1. The van der Waals surface area contributed by atoms with Gasteiger partial charge in [0.15, 0.2) is 9.84 Å². The Labute approximate surface area is 102 Å². The average Bonchev–Trinajstić information content (AvgIpc) is 2.15. The molecule has 0 aliphatic rings. The van der Waals surface area contributed by atoms with Gasteiger partial charge in [-0.2, -0.15) is 0 Å². The fraction of sp³-hybridized carbons (Fsp3) is 0.500. The van der Waals surface area contributed by atoms with Crippen LogP contribution in [0.4, 0.5) is 10.1 Å². The zero-order chi connectivity index (χ0) is 13.1. The van der Waals surface area contributed by atoms with Gasteiger partial charge in [-0.1, -0.05) is 6.07 Å². The van der Waals surface area contributed by atoms with E-state index in [0.717, 1.165) is 0 Å². The topological polar surface area (TPSA) is 46.2 Å². The van der Waals surface area contributed by atoms with Crippen LogP contribution in [-0.4, -0.2) is 25.5 Å². The van der Waals surface area contributed by atoms with Crippen LogP contribution in [0.15, 0.2) is 24.3 Å². The molecule has 0 aliphatic heterocycles. The lowest BCUT2D eigenvalue weighted by Gasteiger charge is -2.19. The van der Waals surface area contributed by atoms with Crippen LogP contribution in [0.2, 0.25) is 0 Å². The second-order valence-electron chi connectivity index (χ2n) is 4.87. The Morgan fingerprint density at radius 2 is 1.94 bits per heavy atom. The maximum absolute atomic E-state index is 12.9. The summed E-state index contributed by atoms with van der Waals surface area (Å²) in [5, 5.41) is 2.89. The standard InChI is InChI=1S/C12H18FNO2S/c1-12(2,3)17(15,16)8-7-14-11-6-4-5-10(13)9-11/h4-6,9,14H,7-8H2,1-3H3. The molecule has 1 aromatic rings. The van der Waals surface area contributed by atoms with Crippen LogP contribution in [0.3, 0.4) is 0 Å². The van der Waals surface area contributed by atoms with Gasteiger partial charge in [-0.3, -0.25) is 0 Å². The third kappa shape index (κ3) is 4.00. The summed E-state index contributed by atoms with van der Waals surface area (Å²) in [6.07, 6.45) is 0. The van der Waals surface area contributed by atoms with E-state index in [1.807, 2.05) is 0 Å². The van der Waals surface area contributed by atoms with E-state index in [4.69, 9.17) is 0 Å². The fourth-order valence-electron chi connectivity index (χ4n) is 1.23. The first kappa shape index (κ1) is 14.0. The van der Waals surface area contributed by atoms with Crippen molar-refractivity contribution < 1.29 is 12.8 Å². The molecule has 1 N–H and O–H groups in total. The summed E-state index contributed by atoms with van der Waals surface area (Å²) in [6.45, 7) is 5.29. The van der Waals surface area contributed by atoms with Crippen molar-refractivity contribution in [1.82, 2.24) is 0 Å². The van der Waals surface area contributed by atoms with Crippen molar-refractivity contribution in [1.29, 1.82) is 0 Å². The van der Waals surface area contributed by atoms with Crippen LogP contribution in [0.5, 0.6) is 0 Å². The molecule has 0 atom stereocenters. The van der Waals surface area contributed by atoms with Crippen LogP contribution in [0, 0.1) is 5.82 Å². The third-order valence-corrected chi connectivity index (χ3v) is 5.07. The molecule has 0 spiro atoms. The largest absolute Gasteiger partial charge is 0.384 e. The van der Waals surface area contributed by atoms with Gasteiger partial charge in [0, 0.05) is 12.2 Å². The first-order chi connectivity index (χ1) is 7.72. The van der Waals surface area contributed by atoms with E-state index in [0.29, 0.717) is 5.69 Å². The molecule has 0 fully saturated rings. The average molecular weight is 259 g/mol. The zero-order valence-electron chi connectivity index (χ0n) is 10.3. The minimum Gasteiger partial charge on any atom is -0.384 e. The van der Waals surface area contributed by atoms with Crippen molar-refractivity contribution in [2.24, 2.45) is 0 Å². The van der Waals surface area contributed by atoms with Crippen LogP contribution < -0.4 is 5.32 Å². The molecular weight excluding hydrogens is 241 g/mol. The van der Waals surface area contributed by atoms with Crippen LogP contribution in [0.25, 0.3) is 0 Å². The van der Waals surface area contributed by atoms with Gasteiger partial charge in [-0.05, 0) is 39.0 Å². The van der Waals surface area contributed by atoms with Crippen molar-refractivity contribution in [2.45, 2.75) is 25.5 Å². The predicted molar refractivity (Wildman–Crippen MR) is 68.4 cm³/mol. The van der Waals surface area contributed by atoms with E-state index in [2.05, 4.69) is 5.32 Å². The van der Waals surface area contributed by atoms with Crippen molar-refractivity contribution >= 4 is 15.5 Å². The van der Waals surface area contributed by atoms with Crippen LogP contribution >= 0.6 is 0 Å². The van der Waals surface area contributed by atoms with Crippen molar-refractivity contribution in [2.75, 3.05) is 17.6 Å². The molecule has 17 heavy (non-hydrogen) atoms. The molecule has 5 heteroatoms. The number of nitrogens with one attached hydrogen (secondary N) is 1. The molecule has 0 aromatic heterocycles. The Morgan fingerprint density at radius 3 is 2.47 bits per heavy atom. The molecule has 0 aliphatic carbocycles. The zero-order valence-corrected chi connectivity index (χ0v) is 11.1. The van der Waals surface area contributed by atoms with E-state index in [1.165, 1.54) is 12.1 Å². The summed E-state index contributed by atoms with van der Waals surface area (Å²) in [6, 6.07) is 5.96. The Hall–Kier alpha value is -1.10. The number of sulfone groups is 1. The van der Waals surface area contributed by atoms with Gasteiger partial charge in [0.05, 0.1) is 10.5 Å². The summed E-state index contributed by atoms with van der Waals surface area (Å²) < 4.78 is 35.7. The summed E-state index contributed by atoms with van der Waals surface area (Å²) in [7, 11) is -3.13. The maximum Gasteiger partial charge on any atom is 0.156 e. The normalized spacial score (nSPS) is 12.5. The van der Waals surface area contributed by atoms with Gasteiger partial charge in [-0.25, -0.2) is 12.8 Å². The lowest BCUT2D eigenvalue weighted by molar-refractivity contribution is 0.560. The highest BCUT2D eigenvalue weighted by Crippen LogP contribution is 2.16. The lowest BCUT2D eigenvalue weighted by atomic mass is 10.3. The van der Waals surface area contributed by atoms with Crippen molar-refractivity contribution in [3.05, 3.63) is 30.1 Å². The molecular formula is C12H18FNO2S. The molecule has 0 bridgehead atoms. The van der Waals surface area contributed by atoms with E-state index < -0.39 is 14.6 Å². The molecule has 3 nitrogen and oxygen atoms in total. The van der Waals surface area contributed by atoms with Crippen LogP contribution in [0.1, 0.15) is 20.8 Å². The number of anilines is 1. The predicted octanol–water partition coefficient (Wildman–Crippen LogP) is 2.45. The van der Waals surface area contributed by atoms with Gasteiger partial charge in [0.25, 0.3) is 0 Å². The van der Waals surface area contributed by atoms with E-state index in [9.17, 15) is 12.8 Å². The molecule has 0 saturated heterocycles. The number of hydrogen-bond acceptors (Lipinski definition) is 3. The lowest BCUT2D eigenvalue weighted by Crippen LogP contribution is -2.32. The van der Waals surface area contributed by atoms with Gasteiger partial charge in [0.2, 0.25) is 0 Å². The Bertz CT molecular complexity index is 478. The third-order valence-electron chi connectivity index (χ3n) is 2.46. The minimum atomic E-state index is -3.13. The summed E-state index contributed by atoms with van der Waals surface area (Å²) in [4.78, 5) is 0. The second kappa shape index (κ2) is 5.04. The number of benzene rings is 1. The molecule has 0 saturated carbocycles. The van der Waals surface area contributed by atoms with Crippen molar-refractivity contribution in [3.8, 4) is 0 Å². The minimum absolute atomic E-state index is 0.0347. The highest BCUT2D eigenvalue weighted by molar-refractivity contribution is 7.92. The summed E-state index contributed by atoms with van der Waals surface area (Å²) in [5.41, 5.74) is 0.592. The number of halogens is 1. The first-order valence-corrected chi connectivity index (χ1v) is 7.09. The highest BCUT2D eigenvalue weighted by Gasteiger charge is 2.28. The van der Waals surface area contributed by atoms with Gasteiger partial charge >= 0.3 is 0 Å². The van der Waals surface area contributed by atoms with E-state index >= 15 is 0 Å². The monoisotopic (exact) mass is 259 g/mol.